The van der Waals surface area contributed by atoms with Crippen LogP contribution >= 0.6 is 11.3 Å². The van der Waals surface area contributed by atoms with E-state index >= 15 is 0 Å². The molecule has 3 rings (SSSR count). The van der Waals surface area contributed by atoms with Gasteiger partial charge in [0.15, 0.2) is 5.69 Å². The van der Waals surface area contributed by atoms with Gasteiger partial charge in [-0.25, -0.2) is 0 Å². The fraction of sp³-hybridized carbons (Fsp3) is 0.538. The SMILES string of the molecule is Cc1cc(C(=O)N2CCCC(c3nnc(C)s3)C2)no1. The molecule has 1 atom stereocenters. The second kappa shape index (κ2) is 5.32. The lowest BCUT2D eigenvalue weighted by molar-refractivity contribution is 0.0696. The van der Waals surface area contributed by atoms with Crippen molar-refractivity contribution in [3.8, 4) is 0 Å². The Hall–Kier alpha value is -1.76. The van der Waals surface area contributed by atoms with Crippen LogP contribution in [0.1, 0.15) is 45.0 Å². The van der Waals surface area contributed by atoms with Crippen LogP contribution in [0.15, 0.2) is 10.6 Å². The van der Waals surface area contributed by atoms with Gasteiger partial charge in [0.05, 0.1) is 0 Å². The highest BCUT2D eigenvalue weighted by Crippen LogP contribution is 2.29. The van der Waals surface area contributed by atoms with Gasteiger partial charge in [-0.2, -0.15) is 0 Å². The first-order valence-electron chi connectivity index (χ1n) is 6.66. The van der Waals surface area contributed by atoms with E-state index in [-0.39, 0.29) is 11.8 Å². The third-order valence-corrected chi connectivity index (χ3v) is 4.45. The van der Waals surface area contributed by atoms with E-state index in [1.165, 1.54) is 0 Å². The van der Waals surface area contributed by atoms with Gasteiger partial charge in [-0.1, -0.05) is 5.16 Å². The highest BCUT2D eigenvalue weighted by molar-refractivity contribution is 7.11. The molecule has 0 radical (unpaired) electrons. The summed E-state index contributed by atoms with van der Waals surface area (Å²) in [4.78, 5) is 14.2. The van der Waals surface area contributed by atoms with Gasteiger partial charge in [0, 0.05) is 25.1 Å². The molecule has 2 aromatic heterocycles. The molecule has 3 heterocycles. The highest BCUT2D eigenvalue weighted by Gasteiger charge is 2.28. The third-order valence-electron chi connectivity index (χ3n) is 3.45. The van der Waals surface area contributed by atoms with Crippen LogP contribution in [0.5, 0.6) is 0 Å². The van der Waals surface area contributed by atoms with Gasteiger partial charge in [-0.3, -0.25) is 4.79 Å². The molecule has 1 aliphatic rings. The lowest BCUT2D eigenvalue weighted by Gasteiger charge is -2.30. The van der Waals surface area contributed by atoms with Crippen molar-refractivity contribution in [2.24, 2.45) is 0 Å². The van der Waals surface area contributed by atoms with E-state index in [4.69, 9.17) is 4.52 Å². The molecule has 6 nitrogen and oxygen atoms in total. The number of hydrogen-bond acceptors (Lipinski definition) is 6. The fourth-order valence-corrected chi connectivity index (χ4v) is 3.29. The van der Waals surface area contributed by atoms with Crippen molar-refractivity contribution in [1.29, 1.82) is 0 Å². The minimum absolute atomic E-state index is 0.0622. The molecule has 1 amide bonds. The zero-order valence-electron chi connectivity index (χ0n) is 11.5. The van der Waals surface area contributed by atoms with Crippen LogP contribution < -0.4 is 0 Å². The summed E-state index contributed by atoms with van der Waals surface area (Å²) in [7, 11) is 0. The molecule has 1 saturated heterocycles. The monoisotopic (exact) mass is 292 g/mol. The second-order valence-corrected chi connectivity index (χ2v) is 6.29. The maximum absolute atomic E-state index is 12.4. The summed E-state index contributed by atoms with van der Waals surface area (Å²) >= 11 is 1.61. The van der Waals surface area contributed by atoms with E-state index in [2.05, 4.69) is 15.4 Å². The van der Waals surface area contributed by atoms with Crippen molar-refractivity contribution in [2.45, 2.75) is 32.6 Å². The fourth-order valence-electron chi connectivity index (χ4n) is 2.47. The van der Waals surface area contributed by atoms with E-state index in [1.807, 2.05) is 11.8 Å². The lowest BCUT2D eigenvalue weighted by Crippen LogP contribution is -2.39. The summed E-state index contributed by atoms with van der Waals surface area (Å²) in [5, 5.41) is 14.1. The molecule has 7 heteroatoms. The first-order chi connectivity index (χ1) is 9.63. The molecular weight excluding hydrogens is 276 g/mol. The topological polar surface area (TPSA) is 72.1 Å². The maximum atomic E-state index is 12.4. The predicted molar refractivity (Wildman–Crippen MR) is 73.8 cm³/mol. The average molecular weight is 292 g/mol. The van der Waals surface area contributed by atoms with Gasteiger partial charge in [-0.05, 0) is 26.7 Å². The van der Waals surface area contributed by atoms with Crippen molar-refractivity contribution < 1.29 is 9.32 Å². The zero-order chi connectivity index (χ0) is 14.1. The Morgan fingerprint density at radius 3 is 2.95 bits per heavy atom. The second-order valence-electron chi connectivity index (χ2n) is 5.07. The molecular formula is C13H16N4O2S. The van der Waals surface area contributed by atoms with E-state index < -0.39 is 0 Å². The lowest BCUT2D eigenvalue weighted by atomic mass is 9.98. The summed E-state index contributed by atoms with van der Waals surface area (Å²) in [6, 6.07) is 1.68. The molecule has 1 unspecified atom stereocenters. The number of amides is 1. The van der Waals surface area contributed by atoms with Crippen molar-refractivity contribution in [3.05, 3.63) is 27.5 Å². The summed E-state index contributed by atoms with van der Waals surface area (Å²) in [5.41, 5.74) is 0.386. The summed E-state index contributed by atoms with van der Waals surface area (Å²) < 4.78 is 4.97. The van der Waals surface area contributed by atoms with Gasteiger partial charge in [0.1, 0.15) is 15.8 Å². The van der Waals surface area contributed by atoms with Crippen LogP contribution in [0.4, 0.5) is 0 Å². The molecule has 0 aromatic carbocycles. The van der Waals surface area contributed by atoms with E-state index in [1.54, 1.807) is 24.3 Å². The Morgan fingerprint density at radius 2 is 2.30 bits per heavy atom. The quantitative estimate of drug-likeness (QED) is 0.848. The van der Waals surface area contributed by atoms with Crippen LogP contribution in [0.2, 0.25) is 0 Å². The molecule has 0 N–H and O–H groups in total. The summed E-state index contributed by atoms with van der Waals surface area (Å²) in [6.45, 7) is 5.18. The maximum Gasteiger partial charge on any atom is 0.276 e. The Labute approximate surface area is 120 Å². The first-order valence-corrected chi connectivity index (χ1v) is 7.47. The highest BCUT2D eigenvalue weighted by atomic mass is 32.1. The Morgan fingerprint density at radius 1 is 1.45 bits per heavy atom. The Kier molecular flexibility index (Phi) is 3.52. The Balaban J connectivity index is 1.73. The predicted octanol–water partition coefficient (Wildman–Crippen LogP) is 2.16. The van der Waals surface area contributed by atoms with Crippen molar-refractivity contribution in [1.82, 2.24) is 20.3 Å². The number of aromatic nitrogens is 3. The first kappa shape index (κ1) is 13.2. The third kappa shape index (κ3) is 2.58. The molecule has 0 saturated carbocycles. The van der Waals surface area contributed by atoms with Gasteiger partial charge in [0.25, 0.3) is 5.91 Å². The molecule has 1 fully saturated rings. The van der Waals surface area contributed by atoms with Crippen LogP contribution in [0, 0.1) is 13.8 Å². The molecule has 106 valence electrons. The van der Waals surface area contributed by atoms with E-state index in [9.17, 15) is 4.79 Å². The number of aryl methyl sites for hydroxylation is 2. The van der Waals surface area contributed by atoms with Crippen LogP contribution in [-0.2, 0) is 0 Å². The van der Waals surface area contributed by atoms with Gasteiger partial charge < -0.3 is 9.42 Å². The molecule has 0 aliphatic carbocycles. The molecule has 0 bridgehead atoms. The largest absolute Gasteiger partial charge is 0.361 e. The van der Waals surface area contributed by atoms with E-state index in [0.29, 0.717) is 18.0 Å². The minimum atomic E-state index is -0.0622. The van der Waals surface area contributed by atoms with Crippen LogP contribution in [-0.4, -0.2) is 39.3 Å². The van der Waals surface area contributed by atoms with Crippen LogP contribution in [0.3, 0.4) is 0 Å². The number of rotatable bonds is 2. The van der Waals surface area contributed by atoms with E-state index in [0.717, 1.165) is 29.4 Å². The smallest absolute Gasteiger partial charge is 0.276 e. The number of carbonyl (C=O) groups is 1. The number of carbonyl (C=O) groups excluding carboxylic acids is 1. The number of piperidine rings is 1. The van der Waals surface area contributed by atoms with Gasteiger partial charge in [0.2, 0.25) is 0 Å². The van der Waals surface area contributed by atoms with Crippen molar-refractivity contribution >= 4 is 17.2 Å². The number of hydrogen-bond donors (Lipinski definition) is 0. The zero-order valence-corrected chi connectivity index (χ0v) is 12.3. The summed E-state index contributed by atoms with van der Waals surface area (Å²) in [5.74, 6) is 0.876. The molecule has 2 aromatic rings. The standard InChI is InChI=1S/C13H16N4O2S/c1-8-6-11(16-19-8)13(18)17-5-3-4-10(7-17)12-15-14-9(2)20-12/h6,10H,3-5,7H2,1-2H3. The normalized spacial score (nSPS) is 19.3. The average Bonchev–Trinajstić information content (AvgIpc) is 3.07. The molecule has 1 aliphatic heterocycles. The van der Waals surface area contributed by atoms with Crippen molar-refractivity contribution in [2.75, 3.05) is 13.1 Å². The number of nitrogens with zero attached hydrogens (tertiary/aromatic N) is 4. The molecule has 0 spiro atoms. The van der Waals surface area contributed by atoms with Gasteiger partial charge >= 0.3 is 0 Å². The van der Waals surface area contributed by atoms with Crippen LogP contribution in [0.25, 0.3) is 0 Å². The minimum Gasteiger partial charge on any atom is -0.361 e. The number of likely N-dealkylation sites (tertiary alicyclic amines) is 1. The van der Waals surface area contributed by atoms with Crippen molar-refractivity contribution in [3.63, 3.8) is 0 Å². The van der Waals surface area contributed by atoms with Gasteiger partial charge in [-0.15, -0.1) is 21.5 Å². The Bertz CT molecular complexity index is 621. The molecule has 20 heavy (non-hydrogen) atoms. The summed E-state index contributed by atoms with van der Waals surface area (Å²) in [6.07, 6.45) is 2.03.